The molecule has 0 radical (unpaired) electrons. The van der Waals surface area contributed by atoms with Gasteiger partial charge in [-0.1, -0.05) is 25.4 Å². The Morgan fingerprint density at radius 1 is 1.50 bits per heavy atom. The summed E-state index contributed by atoms with van der Waals surface area (Å²) in [6.45, 7) is 6.60. The number of nitrogens with zero attached hydrogens (tertiary/aromatic N) is 2. The van der Waals surface area contributed by atoms with E-state index >= 15 is 0 Å². The van der Waals surface area contributed by atoms with Gasteiger partial charge in [0.1, 0.15) is 5.82 Å². The lowest BCUT2D eigenvalue weighted by atomic mass is 9.84. The molecule has 0 saturated carbocycles. The van der Waals surface area contributed by atoms with Gasteiger partial charge >= 0.3 is 0 Å². The number of rotatable bonds is 1. The third-order valence-electron chi connectivity index (χ3n) is 3.04. The van der Waals surface area contributed by atoms with Crippen LogP contribution in [0.25, 0.3) is 0 Å². The first-order chi connectivity index (χ1) is 7.48. The van der Waals surface area contributed by atoms with Crippen LogP contribution in [0, 0.1) is 5.41 Å². The quantitative estimate of drug-likeness (QED) is 0.820. The normalized spacial score (nSPS) is 19.8. The number of hydrogen-bond acceptors (Lipinski definition) is 3. The van der Waals surface area contributed by atoms with Crippen LogP contribution >= 0.6 is 11.6 Å². The van der Waals surface area contributed by atoms with Crippen molar-refractivity contribution < 1.29 is 0 Å². The molecule has 1 saturated heterocycles. The lowest BCUT2D eigenvalue weighted by Crippen LogP contribution is -2.40. The zero-order valence-corrected chi connectivity index (χ0v) is 10.6. The highest BCUT2D eigenvalue weighted by molar-refractivity contribution is 6.33. The summed E-state index contributed by atoms with van der Waals surface area (Å²) in [6.07, 6.45) is 4.12. The van der Waals surface area contributed by atoms with Crippen LogP contribution in [0.5, 0.6) is 0 Å². The van der Waals surface area contributed by atoms with E-state index in [0.717, 1.165) is 18.9 Å². The number of pyridine rings is 1. The minimum atomic E-state index is 0.338. The monoisotopic (exact) mass is 239 g/mol. The minimum absolute atomic E-state index is 0.338. The van der Waals surface area contributed by atoms with Crippen LogP contribution in [0.3, 0.4) is 0 Å². The van der Waals surface area contributed by atoms with Crippen LogP contribution in [-0.2, 0) is 0 Å². The Labute approximate surface area is 102 Å². The summed E-state index contributed by atoms with van der Waals surface area (Å²) in [4.78, 5) is 6.59. The van der Waals surface area contributed by atoms with Crippen LogP contribution < -0.4 is 10.6 Å². The summed E-state index contributed by atoms with van der Waals surface area (Å²) in [5.74, 6) is 0.864. The zero-order chi connectivity index (χ0) is 11.8. The van der Waals surface area contributed by atoms with Crippen LogP contribution in [0.4, 0.5) is 11.5 Å². The molecule has 1 aromatic rings. The van der Waals surface area contributed by atoms with Gasteiger partial charge in [-0.15, -0.1) is 0 Å². The van der Waals surface area contributed by atoms with E-state index in [2.05, 4.69) is 23.7 Å². The Morgan fingerprint density at radius 2 is 2.25 bits per heavy atom. The van der Waals surface area contributed by atoms with Crippen molar-refractivity contribution >= 4 is 23.1 Å². The number of anilines is 2. The van der Waals surface area contributed by atoms with Crippen molar-refractivity contribution in [2.45, 2.75) is 26.7 Å². The van der Waals surface area contributed by atoms with Gasteiger partial charge in [-0.2, -0.15) is 0 Å². The maximum absolute atomic E-state index is 6.17. The van der Waals surface area contributed by atoms with Gasteiger partial charge in [0.25, 0.3) is 0 Å². The zero-order valence-electron chi connectivity index (χ0n) is 9.83. The molecule has 0 atom stereocenters. The molecule has 0 spiro atoms. The van der Waals surface area contributed by atoms with Gasteiger partial charge in [-0.05, 0) is 24.3 Å². The van der Waals surface area contributed by atoms with Crippen molar-refractivity contribution in [3.05, 3.63) is 17.3 Å². The van der Waals surface area contributed by atoms with Crippen LogP contribution in [-0.4, -0.2) is 18.1 Å². The van der Waals surface area contributed by atoms with Crippen molar-refractivity contribution in [2.75, 3.05) is 23.7 Å². The first kappa shape index (κ1) is 11.5. The molecule has 2 rings (SSSR count). The Kier molecular flexibility index (Phi) is 2.98. The molecule has 0 unspecified atom stereocenters. The minimum Gasteiger partial charge on any atom is -0.397 e. The fraction of sp³-hybridized carbons (Fsp3) is 0.583. The molecule has 1 aromatic heterocycles. The van der Waals surface area contributed by atoms with E-state index in [-0.39, 0.29) is 0 Å². The van der Waals surface area contributed by atoms with Crippen molar-refractivity contribution in [3.8, 4) is 0 Å². The molecule has 0 aliphatic carbocycles. The SMILES string of the molecule is CC1(C)CCCN(c2ncc(N)cc2Cl)C1. The average Bonchev–Trinajstić information content (AvgIpc) is 2.15. The van der Waals surface area contributed by atoms with Crippen LogP contribution in [0.15, 0.2) is 12.3 Å². The molecule has 0 aromatic carbocycles. The van der Waals surface area contributed by atoms with E-state index in [4.69, 9.17) is 17.3 Å². The number of nitrogen functional groups attached to an aromatic ring is 1. The number of piperidine rings is 1. The summed E-state index contributed by atoms with van der Waals surface area (Å²) in [5, 5.41) is 0.651. The fourth-order valence-corrected chi connectivity index (χ4v) is 2.58. The second-order valence-corrected chi connectivity index (χ2v) is 5.67. The van der Waals surface area contributed by atoms with Gasteiger partial charge in [-0.3, -0.25) is 0 Å². The summed E-state index contributed by atoms with van der Waals surface area (Å²) in [6, 6.07) is 1.77. The molecular weight excluding hydrogens is 222 g/mol. The highest BCUT2D eigenvalue weighted by Crippen LogP contribution is 2.33. The van der Waals surface area contributed by atoms with Crippen molar-refractivity contribution in [3.63, 3.8) is 0 Å². The Morgan fingerprint density at radius 3 is 2.88 bits per heavy atom. The van der Waals surface area contributed by atoms with E-state index in [0.29, 0.717) is 16.1 Å². The molecule has 1 aliphatic heterocycles. The summed E-state index contributed by atoms with van der Waals surface area (Å²) >= 11 is 6.17. The Hall–Kier alpha value is -0.960. The van der Waals surface area contributed by atoms with Gasteiger partial charge in [0.15, 0.2) is 0 Å². The van der Waals surface area contributed by atoms with E-state index in [9.17, 15) is 0 Å². The molecule has 0 amide bonds. The smallest absolute Gasteiger partial charge is 0.147 e. The van der Waals surface area contributed by atoms with E-state index in [1.807, 2.05) is 0 Å². The second-order valence-electron chi connectivity index (χ2n) is 5.26. The van der Waals surface area contributed by atoms with E-state index in [1.54, 1.807) is 12.3 Å². The lowest BCUT2D eigenvalue weighted by Gasteiger charge is -2.39. The average molecular weight is 240 g/mol. The first-order valence-corrected chi connectivity index (χ1v) is 6.02. The molecule has 1 aliphatic rings. The highest BCUT2D eigenvalue weighted by atomic mass is 35.5. The second kappa shape index (κ2) is 4.13. The van der Waals surface area contributed by atoms with Crippen molar-refractivity contribution in [2.24, 2.45) is 5.41 Å². The molecule has 3 nitrogen and oxygen atoms in total. The molecule has 4 heteroatoms. The molecule has 1 fully saturated rings. The number of halogens is 1. The van der Waals surface area contributed by atoms with E-state index < -0.39 is 0 Å². The number of hydrogen-bond donors (Lipinski definition) is 1. The molecule has 16 heavy (non-hydrogen) atoms. The topological polar surface area (TPSA) is 42.2 Å². The maximum atomic E-state index is 6.17. The number of nitrogens with two attached hydrogens (primary N) is 1. The van der Waals surface area contributed by atoms with Crippen LogP contribution in [0.1, 0.15) is 26.7 Å². The van der Waals surface area contributed by atoms with Gasteiger partial charge in [-0.25, -0.2) is 4.98 Å². The first-order valence-electron chi connectivity index (χ1n) is 5.64. The standard InChI is InChI=1S/C12H18ClN3/c1-12(2)4-3-5-16(8-12)11-10(13)6-9(14)7-15-11/h6-7H,3-5,8,14H2,1-2H3. The van der Waals surface area contributed by atoms with Gasteiger partial charge in [0, 0.05) is 13.1 Å². The Balaban J connectivity index is 2.23. The fourth-order valence-electron chi connectivity index (χ4n) is 2.28. The van der Waals surface area contributed by atoms with Gasteiger partial charge in [0.2, 0.25) is 0 Å². The lowest BCUT2D eigenvalue weighted by molar-refractivity contribution is 0.292. The summed E-state index contributed by atoms with van der Waals surface area (Å²) < 4.78 is 0. The van der Waals surface area contributed by atoms with Crippen molar-refractivity contribution in [1.29, 1.82) is 0 Å². The van der Waals surface area contributed by atoms with Gasteiger partial charge < -0.3 is 10.6 Å². The summed E-state index contributed by atoms with van der Waals surface area (Å²) in [7, 11) is 0. The molecule has 0 bridgehead atoms. The molecular formula is C12H18ClN3. The summed E-state index contributed by atoms with van der Waals surface area (Å²) in [5.41, 5.74) is 6.60. The van der Waals surface area contributed by atoms with E-state index in [1.165, 1.54) is 12.8 Å². The predicted molar refractivity (Wildman–Crippen MR) is 68.9 cm³/mol. The Bertz CT molecular complexity index is 390. The maximum Gasteiger partial charge on any atom is 0.147 e. The van der Waals surface area contributed by atoms with Gasteiger partial charge in [0.05, 0.1) is 16.9 Å². The highest BCUT2D eigenvalue weighted by Gasteiger charge is 2.27. The molecule has 2 heterocycles. The van der Waals surface area contributed by atoms with Crippen molar-refractivity contribution in [1.82, 2.24) is 4.98 Å². The largest absolute Gasteiger partial charge is 0.397 e. The third-order valence-corrected chi connectivity index (χ3v) is 3.32. The molecule has 88 valence electrons. The van der Waals surface area contributed by atoms with Crippen LogP contribution in [0.2, 0.25) is 5.02 Å². The third kappa shape index (κ3) is 2.40. The predicted octanol–water partition coefficient (Wildman–Crippen LogP) is 2.94. The molecule has 2 N–H and O–H groups in total. The number of aromatic nitrogens is 1.